The van der Waals surface area contributed by atoms with Crippen LogP contribution in [0.2, 0.25) is 0 Å². The summed E-state index contributed by atoms with van der Waals surface area (Å²) in [6, 6.07) is 7.48. The molecule has 14 heavy (non-hydrogen) atoms. The Bertz CT molecular complexity index is 616. The smallest absolute Gasteiger partial charge is 0.322 e. The molecule has 1 aromatic carbocycles. The molecule has 0 aliphatic heterocycles. The number of aromatic nitrogens is 4. The third-order valence-electron chi connectivity index (χ3n) is 2.17. The molecule has 0 N–H and O–H groups in total. The van der Waals surface area contributed by atoms with Crippen LogP contribution in [0.4, 0.5) is 0 Å². The lowest BCUT2D eigenvalue weighted by molar-refractivity contribution is -0.639. The van der Waals surface area contributed by atoms with E-state index in [2.05, 4.69) is 10.1 Å². The normalized spacial score (nSPS) is 11.1. The first-order valence-corrected chi connectivity index (χ1v) is 4.16. The van der Waals surface area contributed by atoms with Gasteiger partial charge in [0.15, 0.2) is 6.33 Å². The number of nitrogens with zero attached hydrogens (tertiary/aromatic N) is 4. The average Bonchev–Trinajstić information content (AvgIpc) is 2.61. The van der Waals surface area contributed by atoms with Crippen molar-refractivity contribution < 1.29 is 4.85 Å². The van der Waals surface area contributed by atoms with E-state index >= 15 is 0 Å². The highest BCUT2D eigenvalue weighted by Crippen LogP contribution is 2.13. The molecular weight excluding hydrogens is 180 g/mol. The Morgan fingerprint density at radius 1 is 1.21 bits per heavy atom. The maximum atomic E-state index is 11.3. The van der Waals surface area contributed by atoms with Crippen LogP contribution in [-0.2, 0) is 0 Å². The van der Waals surface area contributed by atoms with Gasteiger partial charge < -0.3 is 5.21 Å². The lowest BCUT2D eigenvalue weighted by Gasteiger charge is -1.97. The fourth-order valence-corrected chi connectivity index (χ4v) is 1.54. The zero-order valence-electron chi connectivity index (χ0n) is 7.16. The summed E-state index contributed by atoms with van der Waals surface area (Å²) in [4.78, 5) is 4.79. The Morgan fingerprint density at radius 3 is 3.00 bits per heavy atom. The van der Waals surface area contributed by atoms with Gasteiger partial charge in [-0.15, -0.1) is 4.85 Å². The highest BCUT2D eigenvalue weighted by Gasteiger charge is 2.10. The molecule has 0 aliphatic carbocycles. The number of para-hydroxylation sites is 1. The molecule has 2 heterocycles. The van der Waals surface area contributed by atoms with Gasteiger partial charge >= 0.3 is 5.65 Å². The standard InChI is InChI=1S/C9H6N4O/c14-13-9-7-3-1-2-4-8(7)10-5-12(9)6-11-13/h1-6H. The summed E-state index contributed by atoms with van der Waals surface area (Å²) in [5, 5.41) is 15.8. The van der Waals surface area contributed by atoms with Crippen molar-refractivity contribution in [1.29, 1.82) is 0 Å². The van der Waals surface area contributed by atoms with E-state index in [1.54, 1.807) is 10.7 Å². The van der Waals surface area contributed by atoms with Crippen molar-refractivity contribution in [2.45, 2.75) is 0 Å². The summed E-state index contributed by atoms with van der Waals surface area (Å²) in [6.45, 7) is 0. The van der Waals surface area contributed by atoms with Crippen LogP contribution in [0.1, 0.15) is 0 Å². The van der Waals surface area contributed by atoms with E-state index in [4.69, 9.17) is 0 Å². The molecule has 0 fully saturated rings. The van der Waals surface area contributed by atoms with Crippen LogP contribution in [0.15, 0.2) is 36.9 Å². The van der Waals surface area contributed by atoms with E-state index in [0.717, 1.165) is 10.9 Å². The Kier molecular flexibility index (Phi) is 1.25. The van der Waals surface area contributed by atoms with Crippen molar-refractivity contribution in [3.63, 3.8) is 0 Å². The van der Waals surface area contributed by atoms with Gasteiger partial charge in [0.05, 0.1) is 10.9 Å². The molecule has 0 spiro atoms. The Morgan fingerprint density at radius 2 is 2.07 bits per heavy atom. The predicted molar refractivity (Wildman–Crippen MR) is 49.5 cm³/mol. The molecule has 0 saturated carbocycles. The lowest BCUT2D eigenvalue weighted by Crippen LogP contribution is -2.28. The van der Waals surface area contributed by atoms with Crippen LogP contribution < -0.4 is 4.85 Å². The van der Waals surface area contributed by atoms with Crippen molar-refractivity contribution in [3.05, 3.63) is 42.1 Å². The Labute approximate surface area is 78.8 Å². The molecule has 5 heteroatoms. The fraction of sp³-hybridized carbons (Fsp3) is 0. The maximum Gasteiger partial charge on any atom is 0.322 e. The van der Waals surface area contributed by atoms with Gasteiger partial charge in [-0.3, -0.25) is 0 Å². The van der Waals surface area contributed by atoms with E-state index in [0.29, 0.717) is 10.5 Å². The van der Waals surface area contributed by atoms with E-state index in [9.17, 15) is 5.21 Å². The van der Waals surface area contributed by atoms with Crippen LogP contribution in [0.3, 0.4) is 0 Å². The van der Waals surface area contributed by atoms with Gasteiger partial charge in [-0.05, 0) is 17.2 Å². The molecule has 0 aliphatic rings. The minimum absolute atomic E-state index is 0.510. The summed E-state index contributed by atoms with van der Waals surface area (Å²) >= 11 is 0. The zero-order chi connectivity index (χ0) is 9.54. The number of fused-ring (bicyclic) bond motifs is 3. The van der Waals surface area contributed by atoms with E-state index in [-0.39, 0.29) is 0 Å². The topological polar surface area (TPSA) is 57.1 Å². The number of rotatable bonds is 0. The second kappa shape index (κ2) is 2.41. The van der Waals surface area contributed by atoms with Crippen molar-refractivity contribution in [1.82, 2.24) is 14.5 Å². The minimum Gasteiger partial charge on any atom is -0.690 e. The van der Waals surface area contributed by atoms with Gasteiger partial charge in [-0.2, -0.15) is 4.40 Å². The molecule has 0 bridgehead atoms. The number of hydrogen-bond acceptors (Lipinski definition) is 3. The minimum atomic E-state index is 0.510. The molecule has 0 atom stereocenters. The Hall–Kier alpha value is -2.17. The first kappa shape index (κ1) is 7.25. The van der Waals surface area contributed by atoms with E-state index < -0.39 is 0 Å². The molecule has 0 radical (unpaired) electrons. The van der Waals surface area contributed by atoms with Gasteiger partial charge in [0.2, 0.25) is 6.33 Å². The van der Waals surface area contributed by atoms with E-state index in [1.165, 1.54) is 6.33 Å². The third kappa shape index (κ3) is 0.806. The van der Waals surface area contributed by atoms with Crippen molar-refractivity contribution in [3.8, 4) is 0 Å². The number of benzene rings is 1. The Balaban J connectivity index is 2.65. The van der Waals surface area contributed by atoms with Crippen molar-refractivity contribution >= 4 is 16.6 Å². The summed E-state index contributed by atoms with van der Waals surface area (Å²) in [5.74, 6) is 0. The summed E-state index contributed by atoms with van der Waals surface area (Å²) in [7, 11) is 0. The molecular formula is C9H6N4O. The van der Waals surface area contributed by atoms with Crippen molar-refractivity contribution in [2.24, 2.45) is 0 Å². The largest absolute Gasteiger partial charge is 0.690 e. The predicted octanol–water partition coefficient (Wildman–Crippen LogP) is 0.516. The SMILES string of the molecule is [O-][n+]1ncn2cnc3ccccc3c21. The molecule has 0 unspecified atom stereocenters. The first-order chi connectivity index (χ1) is 6.86. The maximum absolute atomic E-state index is 11.3. The third-order valence-corrected chi connectivity index (χ3v) is 2.17. The first-order valence-electron chi connectivity index (χ1n) is 4.16. The summed E-state index contributed by atoms with van der Waals surface area (Å²) in [5.41, 5.74) is 1.31. The monoisotopic (exact) mass is 186 g/mol. The van der Waals surface area contributed by atoms with E-state index in [1.807, 2.05) is 24.3 Å². The summed E-state index contributed by atoms with van der Waals surface area (Å²) < 4.78 is 1.61. The zero-order valence-corrected chi connectivity index (χ0v) is 7.16. The molecule has 68 valence electrons. The molecule has 0 amide bonds. The second-order valence-electron chi connectivity index (χ2n) is 3.00. The van der Waals surface area contributed by atoms with Gasteiger partial charge in [0.1, 0.15) is 0 Å². The van der Waals surface area contributed by atoms with Gasteiger partial charge in [-0.1, -0.05) is 12.1 Å². The van der Waals surface area contributed by atoms with Gasteiger partial charge in [-0.25, -0.2) is 4.98 Å². The van der Waals surface area contributed by atoms with Crippen LogP contribution in [0.5, 0.6) is 0 Å². The highest BCUT2D eigenvalue weighted by atomic mass is 16.5. The number of hydrogen-bond donors (Lipinski definition) is 0. The van der Waals surface area contributed by atoms with Gasteiger partial charge in [0, 0.05) is 0 Å². The second-order valence-corrected chi connectivity index (χ2v) is 3.00. The van der Waals surface area contributed by atoms with Crippen LogP contribution in [0.25, 0.3) is 16.6 Å². The van der Waals surface area contributed by atoms with Crippen molar-refractivity contribution in [2.75, 3.05) is 0 Å². The molecule has 3 aromatic rings. The molecule has 2 aromatic heterocycles. The molecule has 0 saturated heterocycles. The molecule has 3 rings (SSSR count). The lowest BCUT2D eigenvalue weighted by atomic mass is 10.2. The van der Waals surface area contributed by atoms with Gasteiger partial charge in [0.25, 0.3) is 0 Å². The highest BCUT2D eigenvalue weighted by molar-refractivity contribution is 5.89. The van der Waals surface area contributed by atoms with Crippen LogP contribution in [0, 0.1) is 5.21 Å². The average molecular weight is 186 g/mol. The quantitative estimate of drug-likeness (QED) is 0.380. The van der Waals surface area contributed by atoms with Crippen LogP contribution in [-0.4, -0.2) is 14.5 Å². The van der Waals surface area contributed by atoms with Crippen LogP contribution >= 0.6 is 0 Å². The summed E-state index contributed by atoms with van der Waals surface area (Å²) in [6.07, 6.45) is 3.03. The fourth-order valence-electron chi connectivity index (χ4n) is 1.54. The molecule has 5 nitrogen and oxygen atoms in total.